The Balaban J connectivity index is 2.02. The predicted molar refractivity (Wildman–Crippen MR) is 106 cm³/mol. The number of aromatic hydroxyl groups is 1. The fourth-order valence-corrected chi connectivity index (χ4v) is 3.37. The number of halogens is 2. The minimum atomic E-state index is 0.118. The molecule has 0 heterocycles. The first kappa shape index (κ1) is 17.9. The number of aryl methyl sites for hydroxylation is 2. The van der Waals surface area contributed by atoms with E-state index in [1.807, 2.05) is 26.0 Å². The Morgan fingerprint density at radius 3 is 2.65 bits per heavy atom. The zero-order valence-electron chi connectivity index (χ0n) is 12.5. The van der Waals surface area contributed by atoms with E-state index in [-0.39, 0.29) is 5.75 Å². The number of hydrogen-bond donors (Lipinski definition) is 3. The predicted octanol–water partition coefficient (Wildman–Crippen LogP) is 4.85. The molecule has 23 heavy (non-hydrogen) atoms. The largest absolute Gasteiger partial charge is 0.506 e. The summed E-state index contributed by atoms with van der Waals surface area (Å²) >= 11 is 11.9. The smallest absolute Gasteiger partial charge is 0.191 e. The van der Waals surface area contributed by atoms with E-state index in [4.69, 9.17) is 12.2 Å². The Bertz CT molecular complexity index is 778. The van der Waals surface area contributed by atoms with E-state index in [1.165, 1.54) is 11.8 Å². The maximum Gasteiger partial charge on any atom is 0.191 e. The molecule has 0 spiro atoms. The van der Waals surface area contributed by atoms with Crippen molar-refractivity contribution in [2.45, 2.75) is 13.8 Å². The Morgan fingerprint density at radius 1 is 1.22 bits per heavy atom. The number of rotatable bonds is 3. The summed E-state index contributed by atoms with van der Waals surface area (Å²) in [5.74, 6) is 0.118. The molecule has 0 saturated carbocycles. The molecule has 0 unspecified atom stereocenters. The summed E-state index contributed by atoms with van der Waals surface area (Å²) < 4.78 is 1.42. The molecule has 0 saturated heterocycles. The summed E-state index contributed by atoms with van der Waals surface area (Å²) in [5.41, 5.74) is 6.52. The van der Waals surface area contributed by atoms with Crippen molar-refractivity contribution in [2.24, 2.45) is 5.10 Å². The van der Waals surface area contributed by atoms with Gasteiger partial charge in [-0.2, -0.15) is 5.10 Å². The van der Waals surface area contributed by atoms with Crippen molar-refractivity contribution in [1.82, 2.24) is 5.43 Å². The second-order valence-corrected chi connectivity index (χ2v) is 7.15. The van der Waals surface area contributed by atoms with E-state index in [0.717, 1.165) is 15.7 Å². The third-order valence-corrected chi connectivity index (χ3v) is 4.31. The molecule has 3 N–H and O–H groups in total. The molecule has 2 aromatic rings. The highest BCUT2D eigenvalue weighted by Gasteiger charge is 2.05. The van der Waals surface area contributed by atoms with Gasteiger partial charge in [0.2, 0.25) is 0 Å². The van der Waals surface area contributed by atoms with Crippen LogP contribution in [-0.2, 0) is 0 Å². The van der Waals surface area contributed by atoms with Crippen LogP contribution in [0.2, 0.25) is 0 Å². The van der Waals surface area contributed by atoms with Gasteiger partial charge in [-0.05, 0) is 65.8 Å². The summed E-state index contributed by atoms with van der Waals surface area (Å²) in [6.07, 6.45) is 1.50. The Morgan fingerprint density at radius 2 is 1.96 bits per heavy atom. The summed E-state index contributed by atoms with van der Waals surface area (Å²) in [6, 6.07) is 9.57. The highest BCUT2D eigenvalue weighted by molar-refractivity contribution is 9.11. The van der Waals surface area contributed by atoms with Gasteiger partial charge in [0.25, 0.3) is 0 Å². The van der Waals surface area contributed by atoms with Crippen LogP contribution in [0.5, 0.6) is 5.75 Å². The van der Waals surface area contributed by atoms with Gasteiger partial charge in [-0.1, -0.05) is 33.6 Å². The minimum absolute atomic E-state index is 0.118. The molecule has 0 aliphatic heterocycles. The van der Waals surface area contributed by atoms with Crippen LogP contribution >= 0.6 is 44.1 Å². The van der Waals surface area contributed by atoms with Gasteiger partial charge < -0.3 is 10.4 Å². The van der Waals surface area contributed by atoms with Crippen LogP contribution in [0.25, 0.3) is 0 Å². The third kappa shape index (κ3) is 5.02. The topological polar surface area (TPSA) is 56.7 Å². The van der Waals surface area contributed by atoms with Crippen molar-refractivity contribution in [3.63, 3.8) is 0 Å². The molecule has 4 nitrogen and oxygen atoms in total. The Hall–Kier alpha value is -1.44. The van der Waals surface area contributed by atoms with Crippen LogP contribution in [-0.4, -0.2) is 16.4 Å². The number of hydrogen-bond acceptors (Lipinski definition) is 3. The van der Waals surface area contributed by atoms with E-state index in [1.54, 1.807) is 12.1 Å². The molecule has 0 bridgehead atoms. The van der Waals surface area contributed by atoms with E-state index in [0.29, 0.717) is 15.1 Å². The van der Waals surface area contributed by atoms with Crippen LogP contribution in [0.15, 0.2) is 44.4 Å². The molecule has 2 aromatic carbocycles. The fourth-order valence-electron chi connectivity index (χ4n) is 1.95. The molecule has 7 heteroatoms. The maximum atomic E-state index is 9.95. The fraction of sp³-hybridized carbons (Fsp3) is 0.125. The Labute approximate surface area is 157 Å². The number of hydrazone groups is 1. The standard InChI is InChI=1S/C16H15Br2N3OS/c1-9-3-4-14(10(2)5-9)20-16(23)21-19-8-11-6-12(17)7-13(18)15(11)22/h3-8,22H,1-2H3,(H2,20,21,23)/b19-8+. The van der Waals surface area contributed by atoms with Gasteiger partial charge in [0.15, 0.2) is 5.11 Å². The second kappa shape index (κ2) is 7.90. The first-order valence-corrected chi connectivity index (χ1v) is 8.71. The number of anilines is 1. The third-order valence-electron chi connectivity index (χ3n) is 3.06. The number of nitrogens with zero attached hydrogens (tertiary/aromatic N) is 1. The lowest BCUT2D eigenvalue weighted by Gasteiger charge is -2.10. The van der Waals surface area contributed by atoms with Crippen molar-refractivity contribution in [3.8, 4) is 5.75 Å². The van der Waals surface area contributed by atoms with Crippen LogP contribution in [0.3, 0.4) is 0 Å². The van der Waals surface area contributed by atoms with E-state index < -0.39 is 0 Å². The average molecular weight is 457 g/mol. The molecule has 0 radical (unpaired) electrons. The van der Waals surface area contributed by atoms with Crippen molar-refractivity contribution >= 4 is 61.1 Å². The number of nitrogens with one attached hydrogen (secondary N) is 2. The molecular formula is C16H15Br2N3OS. The van der Waals surface area contributed by atoms with E-state index in [9.17, 15) is 5.11 Å². The van der Waals surface area contributed by atoms with Gasteiger partial charge in [-0.3, -0.25) is 5.43 Å². The van der Waals surface area contributed by atoms with Gasteiger partial charge in [-0.25, -0.2) is 0 Å². The summed E-state index contributed by atoms with van der Waals surface area (Å²) in [7, 11) is 0. The lowest BCUT2D eigenvalue weighted by atomic mass is 10.1. The van der Waals surface area contributed by atoms with Crippen molar-refractivity contribution in [2.75, 3.05) is 5.32 Å². The summed E-state index contributed by atoms with van der Waals surface area (Å²) in [5, 5.41) is 17.5. The molecule has 0 aromatic heterocycles. The monoisotopic (exact) mass is 455 g/mol. The molecule has 0 aliphatic rings. The van der Waals surface area contributed by atoms with Crippen LogP contribution in [0.4, 0.5) is 5.69 Å². The maximum absolute atomic E-state index is 9.95. The minimum Gasteiger partial charge on any atom is -0.506 e. The summed E-state index contributed by atoms with van der Waals surface area (Å²) in [6.45, 7) is 4.05. The lowest BCUT2D eigenvalue weighted by molar-refractivity contribution is 0.471. The van der Waals surface area contributed by atoms with Gasteiger partial charge in [0.1, 0.15) is 5.75 Å². The number of thiocarbonyl (C=S) groups is 1. The lowest BCUT2D eigenvalue weighted by Crippen LogP contribution is -2.24. The molecule has 0 aliphatic carbocycles. The quantitative estimate of drug-likeness (QED) is 0.351. The number of benzene rings is 2. The molecule has 0 fully saturated rings. The van der Waals surface area contributed by atoms with Gasteiger partial charge in [0.05, 0.1) is 10.7 Å². The van der Waals surface area contributed by atoms with Crippen LogP contribution < -0.4 is 10.7 Å². The normalized spacial score (nSPS) is 10.8. The van der Waals surface area contributed by atoms with Crippen LogP contribution in [0, 0.1) is 13.8 Å². The molecule has 2 rings (SSSR count). The van der Waals surface area contributed by atoms with Gasteiger partial charge >= 0.3 is 0 Å². The van der Waals surface area contributed by atoms with Gasteiger partial charge in [0, 0.05) is 15.7 Å². The zero-order chi connectivity index (χ0) is 17.0. The SMILES string of the molecule is Cc1ccc(NC(=S)N/N=C/c2cc(Br)cc(Br)c2O)c(C)c1. The first-order valence-electron chi connectivity index (χ1n) is 6.72. The highest BCUT2D eigenvalue weighted by atomic mass is 79.9. The van der Waals surface area contributed by atoms with Crippen molar-refractivity contribution < 1.29 is 5.11 Å². The zero-order valence-corrected chi connectivity index (χ0v) is 16.5. The number of phenols is 1. The summed E-state index contributed by atoms with van der Waals surface area (Å²) in [4.78, 5) is 0. The highest BCUT2D eigenvalue weighted by Crippen LogP contribution is 2.30. The first-order chi connectivity index (χ1) is 10.9. The van der Waals surface area contributed by atoms with E-state index >= 15 is 0 Å². The van der Waals surface area contributed by atoms with E-state index in [2.05, 4.69) is 53.8 Å². The average Bonchev–Trinajstić information content (AvgIpc) is 2.47. The van der Waals surface area contributed by atoms with Crippen molar-refractivity contribution in [1.29, 1.82) is 0 Å². The molecule has 120 valence electrons. The molecule has 0 atom stereocenters. The van der Waals surface area contributed by atoms with Crippen molar-refractivity contribution in [3.05, 3.63) is 56.0 Å². The second-order valence-electron chi connectivity index (χ2n) is 4.97. The van der Waals surface area contributed by atoms with Gasteiger partial charge in [-0.15, -0.1) is 0 Å². The van der Waals surface area contributed by atoms with Crippen LogP contribution in [0.1, 0.15) is 16.7 Å². The molecule has 0 amide bonds. The Kier molecular flexibility index (Phi) is 6.15. The number of phenolic OH excluding ortho intramolecular Hbond substituents is 1. The molecular weight excluding hydrogens is 442 g/mol.